The first-order chi connectivity index (χ1) is 4.20. The Labute approximate surface area is 76.5 Å². The molecule has 1 aromatic rings. The molecule has 0 fully saturated rings. The second-order valence-corrected chi connectivity index (χ2v) is 3.38. The minimum absolute atomic E-state index is 0.500. The van der Waals surface area contributed by atoms with Crippen LogP contribution in [0.3, 0.4) is 0 Å². The van der Waals surface area contributed by atoms with Crippen LogP contribution in [-0.4, -0.2) is 4.98 Å². The topological polar surface area (TPSA) is 12.9 Å². The van der Waals surface area contributed by atoms with E-state index < -0.39 is 0 Å². The van der Waals surface area contributed by atoms with E-state index in [2.05, 4.69) is 27.6 Å². The van der Waals surface area contributed by atoms with Crippen molar-refractivity contribution in [2.24, 2.45) is 0 Å². The third-order valence-electron chi connectivity index (χ3n) is 0.763. The van der Waals surface area contributed by atoms with Crippen molar-refractivity contribution in [3.05, 3.63) is 26.0 Å². The lowest BCUT2D eigenvalue weighted by atomic mass is 10.5. The van der Waals surface area contributed by atoms with Crippen molar-refractivity contribution in [2.75, 3.05) is 0 Å². The summed E-state index contributed by atoms with van der Waals surface area (Å²) in [4.78, 5) is 3.80. The van der Waals surface area contributed by atoms with Gasteiger partial charge in [0.1, 0.15) is 5.15 Å². The molecule has 0 aliphatic carbocycles. The van der Waals surface area contributed by atoms with Gasteiger partial charge in [-0.15, -0.1) is 0 Å². The van der Waals surface area contributed by atoms with Crippen LogP contribution in [0.4, 0.5) is 0 Å². The number of hydrogen-bond donors (Lipinski definition) is 0. The molecule has 0 saturated carbocycles. The fourth-order valence-corrected chi connectivity index (χ4v) is 1.32. The highest BCUT2D eigenvalue weighted by Gasteiger charge is 1.96. The fourth-order valence-electron chi connectivity index (χ4n) is 0.398. The van der Waals surface area contributed by atoms with Crippen molar-refractivity contribution in [3.8, 4) is 0 Å². The van der Waals surface area contributed by atoms with E-state index in [4.69, 9.17) is 23.2 Å². The number of aromatic nitrogens is 1. The summed E-state index contributed by atoms with van der Waals surface area (Å²) < 4.78 is 0.877. The second kappa shape index (κ2) is 3.03. The molecule has 48 valence electrons. The van der Waals surface area contributed by atoms with Crippen molar-refractivity contribution in [3.63, 3.8) is 0 Å². The van der Waals surface area contributed by atoms with Crippen LogP contribution in [0.2, 0.25) is 10.2 Å². The first-order valence-corrected chi connectivity index (χ1v) is 4.00. The summed E-state index contributed by atoms with van der Waals surface area (Å²) in [6.45, 7) is 0. The first kappa shape index (κ1) is 7.57. The van der Waals surface area contributed by atoms with Gasteiger partial charge in [0.25, 0.3) is 0 Å². The average molecular weight is 274 g/mol. The molecule has 0 aromatic carbocycles. The molecule has 0 amide bonds. The molecule has 9 heavy (non-hydrogen) atoms. The zero-order chi connectivity index (χ0) is 6.85. The van der Waals surface area contributed by atoms with E-state index in [0.717, 1.165) is 3.57 Å². The number of rotatable bonds is 0. The molecule has 0 radical (unpaired) electrons. The summed E-state index contributed by atoms with van der Waals surface area (Å²) in [5.74, 6) is 0. The molecular formula is C5H2Cl2IN. The molecule has 1 heterocycles. The van der Waals surface area contributed by atoms with Gasteiger partial charge in [-0.2, -0.15) is 0 Å². The Morgan fingerprint density at radius 2 is 2.11 bits per heavy atom. The molecular weight excluding hydrogens is 272 g/mol. The maximum absolute atomic E-state index is 5.60. The summed E-state index contributed by atoms with van der Waals surface area (Å²) in [6, 6.07) is 1.76. The van der Waals surface area contributed by atoms with Gasteiger partial charge in [-0.25, -0.2) is 4.98 Å². The van der Waals surface area contributed by atoms with Crippen LogP contribution in [0, 0.1) is 3.57 Å². The van der Waals surface area contributed by atoms with E-state index in [1.165, 1.54) is 6.20 Å². The van der Waals surface area contributed by atoms with Crippen LogP contribution in [0.25, 0.3) is 0 Å². The van der Waals surface area contributed by atoms with Gasteiger partial charge in [0.05, 0.1) is 8.59 Å². The maximum Gasteiger partial charge on any atom is 0.142 e. The van der Waals surface area contributed by atoms with Crippen molar-refractivity contribution in [1.29, 1.82) is 0 Å². The van der Waals surface area contributed by atoms with E-state index in [-0.39, 0.29) is 0 Å². The van der Waals surface area contributed by atoms with Crippen molar-refractivity contribution in [2.45, 2.75) is 0 Å². The fraction of sp³-hybridized carbons (Fsp3) is 0. The average Bonchev–Trinajstić information content (AvgIpc) is 1.80. The van der Waals surface area contributed by atoms with E-state index in [0.29, 0.717) is 10.2 Å². The SMILES string of the molecule is Clc1cnc(Cl)c(I)c1. The van der Waals surface area contributed by atoms with Gasteiger partial charge in [-0.05, 0) is 28.7 Å². The van der Waals surface area contributed by atoms with Crippen LogP contribution in [0.1, 0.15) is 0 Å². The molecule has 0 atom stereocenters. The molecule has 0 N–H and O–H groups in total. The number of hydrogen-bond acceptors (Lipinski definition) is 1. The molecule has 1 nitrogen and oxygen atoms in total. The smallest absolute Gasteiger partial charge is 0.142 e. The normalized spacial score (nSPS) is 9.67. The van der Waals surface area contributed by atoms with Gasteiger partial charge in [-0.3, -0.25) is 0 Å². The summed E-state index contributed by atoms with van der Waals surface area (Å²) in [5, 5.41) is 1.11. The van der Waals surface area contributed by atoms with Crippen molar-refractivity contribution in [1.82, 2.24) is 4.98 Å². The van der Waals surface area contributed by atoms with E-state index >= 15 is 0 Å². The number of pyridine rings is 1. The Morgan fingerprint density at radius 3 is 2.56 bits per heavy atom. The zero-order valence-electron chi connectivity index (χ0n) is 4.24. The van der Waals surface area contributed by atoms with Crippen LogP contribution in [0.5, 0.6) is 0 Å². The van der Waals surface area contributed by atoms with E-state index in [1.54, 1.807) is 6.07 Å². The third-order valence-corrected chi connectivity index (χ3v) is 2.41. The molecule has 1 aromatic heterocycles. The Kier molecular flexibility index (Phi) is 2.55. The highest BCUT2D eigenvalue weighted by molar-refractivity contribution is 14.1. The van der Waals surface area contributed by atoms with Gasteiger partial charge in [0, 0.05) is 6.20 Å². The van der Waals surface area contributed by atoms with Crippen LogP contribution < -0.4 is 0 Å². The number of halogens is 3. The summed E-state index contributed by atoms with van der Waals surface area (Å²) in [5.41, 5.74) is 0. The summed E-state index contributed by atoms with van der Waals surface area (Å²) >= 11 is 13.3. The predicted molar refractivity (Wildman–Crippen MR) is 47.0 cm³/mol. The Balaban J connectivity index is 3.17. The molecule has 1 rings (SSSR count). The molecule has 4 heteroatoms. The highest BCUT2D eigenvalue weighted by atomic mass is 127. The summed E-state index contributed by atoms with van der Waals surface area (Å²) in [7, 11) is 0. The lowest BCUT2D eigenvalue weighted by Gasteiger charge is -1.92. The molecule has 0 bridgehead atoms. The Bertz CT molecular complexity index is 226. The molecule has 0 saturated heterocycles. The lowest BCUT2D eigenvalue weighted by molar-refractivity contribution is 1.31. The lowest BCUT2D eigenvalue weighted by Crippen LogP contribution is -1.78. The standard InChI is InChI=1S/C5H2Cl2IN/c6-3-1-4(8)5(7)9-2-3/h1-2H. The minimum atomic E-state index is 0.500. The van der Waals surface area contributed by atoms with Crippen molar-refractivity contribution < 1.29 is 0 Å². The third kappa shape index (κ3) is 1.95. The maximum atomic E-state index is 5.60. The first-order valence-electron chi connectivity index (χ1n) is 2.16. The molecule has 0 spiro atoms. The van der Waals surface area contributed by atoms with Crippen LogP contribution in [-0.2, 0) is 0 Å². The van der Waals surface area contributed by atoms with Gasteiger partial charge in [0.15, 0.2) is 0 Å². The minimum Gasteiger partial charge on any atom is -0.242 e. The zero-order valence-corrected chi connectivity index (χ0v) is 7.91. The van der Waals surface area contributed by atoms with Crippen LogP contribution >= 0.6 is 45.8 Å². The van der Waals surface area contributed by atoms with Crippen molar-refractivity contribution >= 4 is 45.8 Å². The Morgan fingerprint density at radius 1 is 1.44 bits per heavy atom. The molecule has 0 aliphatic rings. The quantitative estimate of drug-likeness (QED) is 0.523. The largest absolute Gasteiger partial charge is 0.242 e. The van der Waals surface area contributed by atoms with E-state index in [9.17, 15) is 0 Å². The highest BCUT2D eigenvalue weighted by Crippen LogP contribution is 2.18. The van der Waals surface area contributed by atoms with Gasteiger partial charge in [0.2, 0.25) is 0 Å². The summed E-state index contributed by atoms with van der Waals surface area (Å²) in [6.07, 6.45) is 1.52. The monoisotopic (exact) mass is 273 g/mol. The number of nitrogens with zero attached hydrogens (tertiary/aromatic N) is 1. The van der Waals surface area contributed by atoms with Gasteiger partial charge in [-0.1, -0.05) is 23.2 Å². The molecule has 0 unspecified atom stereocenters. The predicted octanol–water partition coefficient (Wildman–Crippen LogP) is 2.99. The van der Waals surface area contributed by atoms with Gasteiger partial charge >= 0.3 is 0 Å². The second-order valence-electron chi connectivity index (χ2n) is 1.43. The Hall–Kier alpha value is 0.460. The van der Waals surface area contributed by atoms with Crippen LogP contribution in [0.15, 0.2) is 12.3 Å². The van der Waals surface area contributed by atoms with E-state index in [1.807, 2.05) is 0 Å². The molecule has 0 aliphatic heterocycles. The van der Waals surface area contributed by atoms with Gasteiger partial charge < -0.3 is 0 Å².